The second-order valence-electron chi connectivity index (χ2n) is 7.25. The van der Waals surface area contributed by atoms with Crippen LogP contribution in [0.25, 0.3) is 11.0 Å². The van der Waals surface area contributed by atoms with Gasteiger partial charge in [-0.25, -0.2) is 4.79 Å². The van der Waals surface area contributed by atoms with Gasteiger partial charge in [-0.3, -0.25) is 4.79 Å². The number of rotatable bonds is 5. The highest BCUT2D eigenvalue weighted by atomic mass is 16.5. The van der Waals surface area contributed by atoms with E-state index in [0.29, 0.717) is 22.9 Å². The molecule has 0 aliphatic heterocycles. The van der Waals surface area contributed by atoms with E-state index in [2.05, 4.69) is 17.4 Å². The van der Waals surface area contributed by atoms with Gasteiger partial charge in [0.15, 0.2) is 6.61 Å². The number of nitrogens with one attached hydrogen (secondary N) is 1. The molecule has 0 bridgehead atoms. The highest BCUT2D eigenvalue weighted by molar-refractivity contribution is 5.94. The Morgan fingerprint density at radius 3 is 2.57 bits per heavy atom. The lowest BCUT2D eigenvalue weighted by molar-refractivity contribution is -0.118. The van der Waals surface area contributed by atoms with Crippen molar-refractivity contribution in [2.75, 3.05) is 11.9 Å². The van der Waals surface area contributed by atoms with E-state index in [0.717, 1.165) is 5.39 Å². The molecule has 1 aromatic heterocycles. The largest absolute Gasteiger partial charge is 0.484 e. The summed E-state index contributed by atoms with van der Waals surface area (Å²) in [5.74, 6) is 1.10. The minimum absolute atomic E-state index is 0.0648. The molecule has 1 amide bonds. The number of carbonyl (C=O) groups is 1. The lowest BCUT2D eigenvalue weighted by Crippen LogP contribution is -2.20. The standard InChI is InChI=1S/C23H23NO4/c25-22(24-19-9-12-21-18(14-19)8-13-23(26)28-21)15-27-20-10-6-17(7-11-20)16-4-2-1-3-5-16/h6-14,16H,1-5,15H2,(H,24,25). The average Bonchev–Trinajstić information content (AvgIpc) is 2.73. The van der Waals surface area contributed by atoms with E-state index in [1.54, 1.807) is 24.3 Å². The molecule has 5 heteroatoms. The molecule has 0 radical (unpaired) electrons. The van der Waals surface area contributed by atoms with E-state index in [9.17, 15) is 9.59 Å². The van der Waals surface area contributed by atoms with E-state index < -0.39 is 5.63 Å². The molecule has 0 saturated heterocycles. The number of carbonyl (C=O) groups excluding carboxylic acids is 1. The van der Waals surface area contributed by atoms with Crippen molar-refractivity contribution in [3.63, 3.8) is 0 Å². The minimum atomic E-state index is -0.396. The molecule has 1 fully saturated rings. The van der Waals surface area contributed by atoms with Crippen molar-refractivity contribution in [1.29, 1.82) is 0 Å². The predicted molar refractivity (Wildman–Crippen MR) is 109 cm³/mol. The predicted octanol–water partition coefficient (Wildman–Crippen LogP) is 4.86. The third-order valence-electron chi connectivity index (χ3n) is 5.23. The molecule has 0 unspecified atom stereocenters. The smallest absolute Gasteiger partial charge is 0.336 e. The highest BCUT2D eigenvalue weighted by Gasteiger charge is 2.15. The number of fused-ring (bicyclic) bond motifs is 1. The summed E-state index contributed by atoms with van der Waals surface area (Å²) in [7, 11) is 0. The second kappa shape index (κ2) is 8.30. The molecule has 4 rings (SSSR count). The van der Waals surface area contributed by atoms with Crippen LogP contribution in [-0.4, -0.2) is 12.5 Å². The zero-order valence-corrected chi connectivity index (χ0v) is 15.6. The van der Waals surface area contributed by atoms with Gasteiger partial charge in [0.1, 0.15) is 11.3 Å². The molecule has 5 nitrogen and oxygen atoms in total. The van der Waals surface area contributed by atoms with Crippen molar-refractivity contribution in [3.8, 4) is 5.75 Å². The molecule has 1 aliphatic carbocycles. The van der Waals surface area contributed by atoms with E-state index in [1.165, 1.54) is 43.7 Å². The maximum atomic E-state index is 12.2. The molecule has 1 heterocycles. The number of anilines is 1. The molecule has 144 valence electrons. The fraction of sp³-hybridized carbons (Fsp3) is 0.304. The normalized spacial score (nSPS) is 14.7. The highest BCUT2D eigenvalue weighted by Crippen LogP contribution is 2.33. The van der Waals surface area contributed by atoms with Crippen LogP contribution >= 0.6 is 0 Å². The maximum Gasteiger partial charge on any atom is 0.336 e. The van der Waals surface area contributed by atoms with Crippen molar-refractivity contribution in [1.82, 2.24) is 0 Å². The molecule has 0 atom stereocenters. The van der Waals surface area contributed by atoms with E-state index in [4.69, 9.17) is 9.15 Å². The van der Waals surface area contributed by atoms with Gasteiger partial charge >= 0.3 is 5.63 Å². The van der Waals surface area contributed by atoms with Crippen LogP contribution in [0.3, 0.4) is 0 Å². The molecule has 3 aromatic rings. The van der Waals surface area contributed by atoms with Gasteiger partial charge in [0, 0.05) is 17.1 Å². The summed E-state index contributed by atoms with van der Waals surface area (Å²) < 4.78 is 10.7. The van der Waals surface area contributed by atoms with Gasteiger partial charge in [0.2, 0.25) is 0 Å². The first-order valence-electron chi connectivity index (χ1n) is 9.74. The second-order valence-corrected chi connectivity index (χ2v) is 7.25. The monoisotopic (exact) mass is 377 g/mol. The van der Waals surface area contributed by atoms with E-state index >= 15 is 0 Å². The van der Waals surface area contributed by atoms with Crippen LogP contribution in [0.1, 0.15) is 43.6 Å². The van der Waals surface area contributed by atoms with Crippen LogP contribution in [0.5, 0.6) is 5.75 Å². The van der Waals surface area contributed by atoms with Crippen LogP contribution < -0.4 is 15.7 Å². The summed E-state index contributed by atoms with van der Waals surface area (Å²) in [6, 6.07) is 16.2. The van der Waals surface area contributed by atoms with Crippen LogP contribution in [-0.2, 0) is 4.79 Å². The number of hydrogen-bond donors (Lipinski definition) is 1. The van der Waals surface area contributed by atoms with Crippen molar-refractivity contribution in [2.24, 2.45) is 0 Å². The SMILES string of the molecule is O=C(COc1ccc(C2CCCCC2)cc1)Nc1ccc2oc(=O)ccc2c1. The maximum absolute atomic E-state index is 12.2. The Kier molecular flexibility index (Phi) is 5.42. The number of benzene rings is 2. The van der Waals surface area contributed by atoms with E-state index in [1.807, 2.05) is 12.1 Å². The van der Waals surface area contributed by atoms with Crippen LogP contribution in [0, 0.1) is 0 Å². The fourth-order valence-corrected chi connectivity index (χ4v) is 3.77. The molecule has 1 saturated carbocycles. The topological polar surface area (TPSA) is 68.5 Å². The summed E-state index contributed by atoms with van der Waals surface area (Å²) in [5, 5.41) is 3.55. The number of hydrogen-bond acceptors (Lipinski definition) is 4. The van der Waals surface area contributed by atoms with Gasteiger partial charge < -0.3 is 14.5 Å². The fourth-order valence-electron chi connectivity index (χ4n) is 3.77. The average molecular weight is 377 g/mol. The summed E-state index contributed by atoms with van der Waals surface area (Å²) >= 11 is 0. The summed E-state index contributed by atoms with van der Waals surface area (Å²) in [4.78, 5) is 23.4. The Morgan fingerprint density at radius 1 is 1.00 bits per heavy atom. The summed E-state index contributed by atoms with van der Waals surface area (Å²) in [5.41, 5.74) is 2.08. The molecule has 0 spiro atoms. The first-order valence-corrected chi connectivity index (χ1v) is 9.74. The molecule has 1 N–H and O–H groups in total. The molecule has 1 aliphatic rings. The Morgan fingerprint density at radius 2 is 1.79 bits per heavy atom. The number of amides is 1. The van der Waals surface area contributed by atoms with Gasteiger partial charge in [-0.05, 0) is 60.7 Å². The van der Waals surface area contributed by atoms with Crippen molar-refractivity contribution >= 4 is 22.6 Å². The van der Waals surface area contributed by atoms with E-state index in [-0.39, 0.29) is 12.5 Å². The summed E-state index contributed by atoms with van der Waals surface area (Å²) in [6.45, 7) is -0.0648. The Hall–Kier alpha value is -3.08. The third kappa shape index (κ3) is 4.42. The van der Waals surface area contributed by atoms with Gasteiger partial charge in [0.05, 0.1) is 0 Å². The van der Waals surface area contributed by atoms with Gasteiger partial charge in [-0.15, -0.1) is 0 Å². The van der Waals surface area contributed by atoms with Crippen LogP contribution in [0.15, 0.2) is 63.8 Å². The Balaban J connectivity index is 1.32. The number of ether oxygens (including phenoxy) is 1. The molecule has 28 heavy (non-hydrogen) atoms. The van der Waals surface area contributed by atoms with Gasteiger partial charge in [0.25, 0.3) is 5.91 Å². The van der Waals surface area contributed by atoms with Crippen molar-refractivity contribution in [2.45, 2.75) is 38.0 Å². The van der Waals surface area contributed by atoms with Crippen molar-refractivity contribution in [3.05, 3.63) is 70.6 Å². The van der Waals surface area contributed by atoms with Crippen molar-refractivity contribution < 1.29 is 13.9 Å². The van der Waals surface area contributed by atoms with Crippen LogP contribution in [0.2, 0.25) is 0 Å². The lowest BCUT2D eigenvalue weighted by atomic mass is 9.84. The molecule has 2 aromatic carbocycles. The Labute approximate surface area is 163 Å². The Bertz CT molecular complexity index is 1020. The summed E-state index contributed by atoms with van der Waals surface area (Å²) in [6.07, 6.45) is 6.49. The minimum Gasteiger partial charge on any atom is -0.484 e. The quantitative estimate of drug-likeness (QED) is 0.645. The van der Waals surface area contributed by atoms with Gasteiger partial charge in [-0.1, -0.05) is 31.4 Å². The first-order chi connectivity index (χ1) is 13.7. The molecular weight excluding hydrogens is 354 g/mol. The van der Waals surface area contributed by atoms with Gasteiger partial charge in [-0.2, -0.15) is 0 Å². The lowest BCUT2D eigenvalue weighted by Gasteiger charge is -2.22. The third-order valence-corrected chi connectivity index (χ3v) is 5.23. The first kappa shape index (κ1) is 18.3. The molecular formula is C23H23NO4. The zero-order chi connectivity index (χ0) is 19.3. The van der Waals surface area contributed by atoms with Crippen LogP contribution in [0.4, 0.5) is 5.69 Å². The zero-order valence-electron chi connectivity index (χ0n) is 15.6.